The van der Waals surface area contributed by atoms with E-state index in [0.29, 0.717) is 6.54 Å². The average Bonchev–Trinajstić information content (AvgIpc) is 2.72. The van der Waals surface area contributed by atoms with E-state index in [1.165, 1.54) is 0 Å². The van der Waals surface area contributed by atoms with Crippen molar-refractivity contribution in [3.05, 3.63) is 0 Å². The zero-order chi connectivity index (χ0) is 12.1. The fourth-order valence-electron chi connectivity index (χ4n) is 1.94. The highest BCUT2D eigenvalue weighted by Crippen LogP contribution is 2.19. The predicted molar refractivity (Wildman–Crippen MR) is 57.1 cm³/mol. The molecule has 1 aliphatic rings. The Kier molecular flexibility index (Phi) is 4.54. The third-order valence-corrected chi connectivity index (χ3v) is 2.89. The minimum Gasteiger partial charge on any atom is -0.480 e. The van der Waals surface area contributed by atoms with E-state index in [9.17, 15) is 9.59 Å². The van der Waals surface area contributed by atoms with Crippen LogP contribution in [-0.4, -0.2) is 52.3 Å². The number of urea groups is 1. The largest absolute Gasteiger partial charge is 0.480 e. The van der Waals surface area contributed by atoms with Gasteiger partial charge < -0.3 is 20.4 Å². The molecule has 0 aromatic carbocycles. The zero-order valence-corrected chi connectivity index (χ0v) is 9.35. The van der Waals surface area contributed by atoms with E-state index in [1.54, 1.807) is 4.90 Å². The first-order chi connectivity index (χ1) is 7.60. The smallest absolute Gasteiger partial charge is 0.328 e. The van der Waals surface area contributed by atoms with Crippen molar-refractivity contribution in [2.45, 2.75) is 38.3 Å². The Morgan fingerprint density at radius 1 is 1.56 bits per heavy atom. The van der Waals surface area contributed by atoms with Gasteiger partial charge in [0.1, 0.15) is 0 Å². The summed E-state index contributed by atoms with van der Waals surface area (Å²) >= 11 is 0. The second kappa shape index (κ2) is 5.69. The maximum atomic E-state index is 11.7. The van der Waals surface area contributed by atoms with Crippen molar-refractivity contribution >= 4 is 12.0 Å². The van der Waals surface area contributed by atoms with Gasteiger partial charge in [-0.25, -0.2) is 9.59 Å². The van der Waals surface area contributed by atoms with Gasteiger partial charge in [-0.15, -0.1) is 0 Å². The number of carboxylic acids is 1. The third kappa shape index (κ3) is 2.85. The van der Waals surface area contributed by atoms with Crippen molar-refractivity contribution in [3.8, 4) is 0 Å². The molecule has 2 amide bonds. The van der Waals surface area contributed by atoms with Crippen LogP contribution in [0.1, 0.15) is 26.2 Å². The Morgan fingerprint density at radius 3 is 2.75 bits per heavy atom. The zero-order valence-electron chi connectivity index (χ0n) is 9.35. The summed E-state index contributed by atoms with van der Waals surface area (Å²) in [5.41, 5.74) is 0. The molecule has 1 aliphatic heterocycles. The number of aliphatic hydroxyl groups is 1. The number of carbonyl (C=O) groups excluding carboxylic acids is 1. The molecule has 6 heteroatoms. The van der Waals surface area contributed by atoms with Crippen molar-refractivity contribution in [2.75, 3.05) is 13.2 Å². The van der Waals surface area contributed by atoms with Crippen LogP contribution in [0.5, 0.6) is 0 Å². The molecule has 6 nitrogen and oxygen atoms in total. The molecule has 0 aromatic heterocycles. The van der Waals surface area contributed by atoms with Crippen molar-refractivity contribution in [1.29, 1.82) is 0 Å². The first kappa shape index (κ1) is 12.8. The maximum absolute atomic E-state index is 11.7. The van der Waals surface area contributed by atoms with Crippen LogP contribution >= 0.6 is 0 Å². The van der Waals surface area contributed by atoms with Gasteiger partial charge in [-0.1, -0.05) is 6.92 Å². The molecule has 1 fully saturated rings. The molecule has 1 saturated heterocycles. The van der Waals surface area contributed by atoms with E-state index in [-0.39, 0.29) is 6.04 Å². The van der Waals surface area contributed by atoms with E-state index in [1.807, 2.05) is 6.92 Å². The van der Waals surface area contributed by atoms with Gasteiger partial charge in [0.25, 0.3) is 0 Å². The van der Waals surface area contributed by atoms with Crippen LogP contribution in [0.2, 0.25) is 0 Å². The average molecular weight is 230 g/mol. The topological polar surface area (TPSA) is 89.9 Å². The number of carbonyl (C=O) groups is 2. The van der Waals surface area contributed by atoms with Gasteiger partial charge in [0.15, 0.2) is 6.04 Å². The molecule has 0 aliphatic carbocycles. The molecule has 0 radical (unpaired) electrons. The van der Waals surface area contributed by atoms with Crippen LogP contribution in [0.25, 0.3) is 0 Å². The molecule has 0 spiro atoms. The summed E-state index contributed by atoms with van der Waals surface area (Å²) in [5.74, 6) is -1.22. The molecule has 92 valence electrons. The molecule has 1 heterocycles. The van der Waals surface area contributed by atoms with Gasteiger partial charge in [-0.2, -0.15) is 0 Å². The number of nitrogens with zero attached hydrogens (tertiary/aromatic N) is 1. The maximum Gasteiger partial charge on any atom is 0.328 e. The lowest BCUT2D eigenvalue weighted by Gasteiger charge is -2.25. The fourth-order valence-corrected chi connectivity index (χ4v) is 1.94. The second-order valence-corrected chi connectivity index (χ2v) is 3.92. The highest BCUT2D eigenvalue weighted by molar-refractivity contribution is 5.82. The molecule has 2 atom stereocenters. The summed E-state index contributed by atoms with van der Waals surface area (Å²) in [6.45, 7) is 2.06. The molecular weight excluding hydrogens is 212 g/mol. The summed E-state index contributed by atoms with van der Waals surface area (Å²) < 4.78 is 0. The number of aliphatic carboxylic acids is 1. The van der Waals surface area contributed by atoms with E-state index in [0.717, 1.165) is 19.3 Å². The van der Waals surface area contributed by atoms with Crippen molar-refractivity contribution in [1.82, 2.24) is 10.2 Å². The third-order valence-electron chi connectivity index (χ3n) is 2.89. The number of carboxylic acid groups (broad SMARTS) is 1. The van der Waals surface area contributed by atoms with Crippen LogP contribution in [0, 0.1) is 0 Å². The van der Waals surface area contributed by atoms with Crippen molar-refractivity contribution in [2.24, 2.45) is 0 Å². The SMILES string of the molecule is CCC1CCCN1C(=O)N[C@@H](CO)C(=O)O. The standard InChI is InChI=1S/C10H18N2O4/c1-2-7-4-3-5-12(7)10(16)11-8(6-13)9(14)15/h7-8,13H,2-6H2,1H3,(H,11,16)(H,14,15)/t7?,8-/m0/s1. The number of nitrogens with one attached hydrogen (secondary N) is 1. The molecule has 0 aromatic rings. The van der Waals surface area contributed by atoms with E-state index in [2.05, 4.69) is 5.32 Å². The molecule has 0 saturated carbocycles. The van der Waals surface area contributed by atoms with Crippen LogP contribution in [0.4, 0.5) is 4.79 Å². The Hall–Kier alpha value is -1.30. The number of rotatable bonds is 4. The monoisotopic (exact) mass is 230 g/mol. The van der Waals surface area contributed by atoms with Crippen molar-refractivity contribution < 1.29 is 19.8 Å². The second-order valence-electron chi connectivity index (χ2n) is 3.92. The lowest BCUT2D eigenvalue weighted by Crippen LogP contribution is -2.50. The number of hydrogen-bond acceptors (Lipinski definition) is 3. The van der Waals surface area contributed by atoms with Gasteiger partial charge in [0, 0.05) is 12.6 Å². The lowest BCUT2D eigenvalue weighted by atomic mass is 10.2. The van der Waals surface area contributed by atoms with Gasteiger partial charge in [0.2, 0.25) is 0 Å². The van der Waals surface area contributed by atoms with Crippen LogP contribution < -0.4 is 5.32 Å². The first-order valence-corrected chi connectivity index (χ1v) is 5.51. The summed E-state index contributed by atoms with van der Waals surface area (Å²) in [6.07, 6.45) is 2.77. The highest BCUT2D eigenvalue weighted by atomic mass is 16.4. The van der Waals surface area contributed by atoms with Crippen LogP contribution in [-0.2, 0) is 4.79 Å². The lowest BCUT2D eigenvalue weighted by molar-refractivity contribution is -0.140. The van der Waals surface area contributed by atoms with Crippen LogP contribution in [0.15, 0.2) is 0 Å². The summed E-state index contributed by atoms with van der Waals surface area (Å²) in [7, 11) is 0. The van der Waals surface area contributed by atoms with Gasteiger partial charge in [-0.3, -0.25) is 0 Å². The van der Waals surface area contributed by atoms with E-state index >= 15 is 0 Å². The Balaban J connectivity index is 2.54. The van der Waals surface area contributed by atoms with E-state index < -0.39 is 24.6 Å². The van der Waals surface area contributed by atoms with Crippen molar-refractivity contribution in [3.63, 3.8) is 0 Å². The molecule has 0 bridgehead atoms. The molecule has 1 rings (SSSR count). The summed E-state index contributed by atoms with van der Waals surface area (Å²) in [6, 6.07) is -1.43. The highest BCUT2D eigenvalue weighted by Gasteiger charge is 2.29. The molecular formula is C10H18N2O4. The van der Waals surface area contributed by atoms with E-state index in [4.69, 9.17) is 10.2 Å². The number of hydrogen-bond donors (Lipinski definition) is 3. The minimum atomic E-state index is -1.22. The van der Waals surface area contributed by atoms with Gasteiger partial charge in [0.05, 0.1) is 6.61 Å². The Labute approximate surface area is 94.2 Å². The molecule has 3 N–H and O–H groups in total. The number of likely N-dealkylation sites (tertiary alicyclic amines) is 1. The summed E-state index contributed by atoms with van der Waals surface area (Å²) in [5, 5.41) is 19.8. The predicted octanol–water partition coefficient (Wildman–Crippen LogP) is 0.0159. The normalized spacial score (nSPS) is 21.9. The van der Waals surface area contributed by atoms with Gasteiger partial charge >= 0.3 is 12.0 Å². The Bertz CT molecular complexity index is 270. The minimum absolute atomic E-state index is 0.188. The number of amides is 2. The van der Waals surface area contributed by atoms with Gasteiger partial charge in [-0.05, 0) is 19.3 Å². The molecule has 16 heavy (non-hydrogen) atoms. The Morgan fingerprint density at radius 2 is 2.25 bits per heavy atom. The number of aliphatic hydroxyl groups excluding tert-OH is 1. The first-order valence-electron chi connectivity index (χ1n) is 5.51. The summed E-state index contributed by atoms with van der Waals surface area (Å²) in [4.78, 5) is 24.0. The quantitative estimate of drug-likeness (QED) is 0.635. The molecule has 1 unspecified atom stereocenters. The van der Waals surface area contributed by atoms with Crippen LogP contribution in [0.3, 0.4) is 0 Å². The fraction of sp³-hybridized carbons (Fsp3) is 0.800.